The Morgan fingerprint density at radius 3 is 2.55 bits per heavy atom. The van der Waals surface area contributed by atoms with Crippen LogP contribution in [0.1, 0.15) is 21.6 Å². The van der Waals surface area contributed by atoms with Crippen LogP contribution in [0.15, 0.2) is 29.1 Å². The molecule has 0 bridgehead atoms. The molecule has 0 saturated carbocycles. The zero-order valence-electron chi connectivity index (χ0n) is 10.8. The summed E-state index contributed by atoms with van der Waals surface area (Å²) in [5.41, 5.74) is -0.306. The first kappa shape index (κ1) is 14.0. The quantitative estimate of drug-likeness (QED) is 0.870. The number of benzene rings is 1. The lowest BCUT2D eigenvalue weighted by molar-refractivity contribution is -0.0501. The molecule has 2 rings (SSSR count). The molecule has 1 heterocycles. The summed E-state index contributed by atoms with van der Waals surface area (Å²) >= 11 is 0. The maximum Gasteiger partial charge on any atom is 0.387 e. The lowest BCUT2D eigenvalue weighted by atomic mass is 10.0. The van der Waals surface area contributed by atoms with Gasteiger partial charge in [-0.2, -0.15) is 8.78 Å². The number of hydrogen-bond acceptors (Lipinski definition) is 3. The van der Waals surface area contributed by atoms with E-state index in [1.807, 2.05) is 0 Å². The van der Waals surface area contributed by atoms with Gasteiger partial charge in [0.05, 0.1) is 5.56 Å². The van der Waals surface area contributed by atoms with Crippen LogP contribution in [0.25, 0.3) is 0 Å². The van der Waals surface area contributed by atoms with E-state index in [9.17, 15) is 18.4 Å². The van der Waals surface area contributed by atoms with Gasteiger partial charge in [-0.3, -0.25) is 19.4 Å². The fourth-order valence-electron chi connectivity index (χ4n) is 1.94. The minimum Gasteiger partial charge on any atom is -0.434 e. The summed E-state index contributed by atoms with van der Waals surface area (Å²) in [5, 5.41) is 2.68. The third-order valence-electron chi connectivity index (χ3n) is 2.80. The Hall–Kier alpha value is -2.44. The number of aromatic amines is 1. The summed E-state index contributed by atoms with van der Waals surface area (Å²) in [7, 11) is 1.47. The molecule has 0 amide bonds. The molecular weight excluding hydrogens is 270 g/mol. The SMILES string of the molecule is Cc1[nH]n(C)c(=O)c1C(=O)c1ccccc1OC(F)F. The summed E-state index contributed by atoms with van der Waals surface area (Å²) in [4.78, 5) is 24.2. The van der Waals surface area contributed by atoms with Crippen molar-refractivity contribution >= 4 is 5.78 Å². The van der Waals surface area contributed by atoms with Gasteiger partial charge in [0, 0.05) is 12.7 Å². The second kappa shape index (κ2) is 5.28. The predicted octanol–water partition coefficient (Wildman–Crippen LogP) is 1.85. The maximum atomic E-state index is 12.3. The molecule has 0 unspecified atom stereocenters. The molecule has 7 heteroatoms. The van der Waals surface area contributed by atoms with E-state index in [4.69, 9.17) is 0 Å². The number of rotatable bonds is 4. The average molecular weight is 282 g/mol. The Bertz CT molecular complexity index is 704. The number of hydrogen-bond donors (Lipinski definition) is 1. The van der Waals surface area contributed by atoms with Crippen LogP contribution < -0.4 is 10.3 Å². The number of halogens is 2. The molecule has 1 aromatic heterocycles. The highest BCUT2D eigenvalue weighted by Crippen LogP contribution is 2.23. The van der Waals surface area contributed by atoms with Crippen LogP contribution in [-0.4, -0.2) is 22.2 Å². The molecule has 0 atom stereocenters. The van der Waals surface area contributed by atoms with Gasteiger partial charge in [-0.15, -0.1) is 0 Å². The predicted molar refractivity (Wildman–Crippen MR) is 67.3 cm³/mol. The number of aromatic nitrogens is 2. The first-order chi connectivity index (χ1) is 9.41. The van der Waals surface area contributed by atoms with E-state index in [1.165, 1.54) is 31.3 Å². The number of H-pyrrole nitrogens is 1. The van der Waals surface area contributed by atoms with Crippen molar-refractivity contribution in [2.45, 2.75) is 13.5 Å². The highest BCUT2D eigenvalue weighted by Gasteiger charge is 2.23. The number of ketones is 1. The Kier molecular flexibility index (Phi) is 3.69. The fraction of sp³-hybridized carbons (Fsp3) is 0.231. The van der Waals surface area contributed by atoms with Crippen molar-refractivity contribution in [3.8, 4) is 5.75 Å². The molecule has 0 aliphatic carbocycles. The number of carbonyl (C=O) groups excluding carboxylic acids is 1. The molecule has 106 valence electrons. The number of aryl methyl sites for hydroxylation is 2. The average Bonchev–Trinajstić information content (AvgIpc) is 2.62. The molecule has 2 aromatic rings. The first-order valence-electron chi connectivity index (χ1n) is 5.76. The summed E-state index contributed by atoms with van der Waals surface area (Å²) in [5.74, 6) is -0.907. The molecule has 1 N–H and O–H groups in total. The van der Waals surface area contributed by atoms with E-state index in [1.54, 1.807) is 6.92 Å². The molecular formula is C13H12F2N2O3. The Morgan fingerprint density at radius 2 is 2.00 bits per heavy atom. The van der Waals surface area contributed by atoms with E-state index in [0.29, 0.717) is 5.69 Å². The third kappa shape index (κ3) is 2.47. The van der Waals surface area contributed by atoms with Crippen LogP contribution >= 0.6 is 0 Å². The summed E-state index contributed by atoms with van der Waals surface area (Å²) < 4.78 is 30.1. The van der Waals surface area contributed by atoms with Crippen LogP contribution in [-0.2, 0) is 7.05 Å². The van der Waals surface area contributed by atoms with Gasteiger partial charge in [0.1, 0.15) is 11.3 Å². The first-order valence-corrected chi connectivity index (χ1v) is 5.76. The van der Waals surface area contributed by atoms with Gasteiger partial charge in [-0.25, -0.2) is 0 Å². The molecule has 0 fully saturated rings. The van der Waals surface area contributed by atoms with Crippen molar-refractivity contribution in [1.82, 2.24) is 9.78 Å². The zero-order valence-corrected chi connectivity index (χ0v) is 10.8. The van der Waals surface area contributed by atoms with Crippen molar-refractivity contribution < 1.29 is 18.3 Å². The molecule has 0 spiro atoms. The highest BCUT2D eigenvalue weighted by molar-refractivity contribution is 6.11. The number of nitrogens with one attached hydrogen (secondary N) is 1. The minimum atomic E-state index is -3.04. The van der Waals surface area contributed by atoms with Gasteiger partial charge in [0.2, 0.25) is 5.78 Å². The van der Waals surface area contributed by atoms with Gasteiger partial charge in [-0.05, 0) is 19.1 Å². The molecule has 0 saturated heterocycles. The summed E-state index contributed by atoms with van der Waals surface area (Å²) in [6.45, 7) is -1.48. The molecule has 0 aliphatic heterocycles. The molecule has 5 nitrogen and oxygen atoms in total. The van der Waals surface area contributed by atoms with Gasteiger partial charge >= 0.3 is 6.61 Å². The van der Waals surface area contributed by atoms with Crippen LogP contribution in [0.5, 0.6) is 5.75 Å². The number of para-hydroxylation sites is 1. The van der Waals surface area contributed by atoms with Crippen molar-refractivity contribution in [3.05, 3.63) is 51.4 Å². The second-order valence-corrected chi connectivity index (χ2v) is 4.18. The topological polar surface area (TPSA) is 64.1 Å². The van der Waals surface area contributed by atoms with Crippen molar-refractivity contribution in [1.29, 1.82) is 0 Å². The fourth-order valence-corrected chi connectivity index (χ4v) is 1.94. The van der Waals surface area contributed by atoms with E-state index >= 15 is 0 Å². The van der Waals surface area contributed by atoms with Crippen LogP contribution in [0.3, 0.4) is 0 Å². The lowest BCUT2D eigenvalue weighted by Gasteiger charge is -2.08. The smallest absolute Gasteiger partial charge is 0.387 e. The standard InChI is InChI=1S/C13H12F2N2O3/c1-7-10(12(19)17(2)16-7)11(18)8-5-3-4-6-9(8)20-13(14)15/h3-6,13,16H,1-2H3. The normalized spacial score (nSPS) is 10.8. The van der Waals surface area contributed by atoms with Crippen molar-refractivity contribution in [3.63, 3.8) is 0 Å². The summed E-state index contributed by atoms with van der Waals surface area (Å²) in [6, 6.07) is 5.58. The lowest BCUT2D eigenvalue weighted by Crippen LogP contribution is -2.20. The number of nitrogens with zero attached hydrogens (tertiary/aromatic N) is 1. The van der Waals surface area contributed by atoms with Gasteiger partial charge < -0.3 is 4.74 Å². The van der Waals surface area contributed by atoms with Crippen LogP contribution in [0.2, 0.25) is 0 Å². The number of ether oxygens (including phenoxy) is 1. The number of alkyl halides is 2. The monoisotopic (exact) mass is 282 g/mol. The number of carbonyl (C=O) groups is 1. The van der Waals surface area contributed by atoms with E-state index in [2.05, 4.69) is 9.84 Å². The third-order valence-corrected chi connectivity index (χ3v) is 2.80. The van der Waals surface area contributed by atoms with Crippen LogP contribution in [0.4, 0.5) is 8.78 Å². The van der Waals surface area contributed by atoms with Gasteiger partial charge in [0.15, 0.2) is 0 Å². The largest absolute Gasteiger partial charge is 0.434 e. The Labute approximate surface area is 112 Å². The Balaban J connectivity index is 2.51. The van der Waals surface area contributed by atoms with Crippen LogP contribution in [0, 0.1) is 6.92 Å². The van der Waals surface area contributed by atoms with E-state index < -0.39 is 18.0 Å². The second-order valence-electron chi connectivity index (χ2n) is 4.18. The summed E-state index contributed by atoms with van der Waals surface area (Å²) in [6.07, 6.45) is 0. The van der Waals surface area contributed by atoms with E-state index in [0.717, 1.165) is 4.68 Å². The van der Waals surface area contributed by atoms with E-state index in [-0.39, 0.29) is 16.9 Å². The molecule has 0 aliphatic rings. The Morgan fingerprint density at radius 1 is 1.35 bits per heavy atom. The molecule has 20 heavy (non-hydrogen) atoms. The highest BCUT2D eigenvalue weighted by atomic mass is 19.3. The molecule has 1 aromatic carbocycles. The zero-order chi connectivity index (χ0) is 14.9. The van der Waals surface area contributed by atoms with Gasteiger partial charge in [-0.1, -0.05) is 12.1 Å². The molecule has 0 radical (unpaired) electrons. The van der Waals surface area contributed by atoms with Crippen molar-refractivity contribution in [2.24, 2.45) is 7.05 Å². The minimum absolute atomic E-state index is 0.0763. The van der Waals surface area contributed by atoms with Crippen molar-refractivity contribution in [2.75, 3.05) is 0 Å². The van der Waals surface area contributed by atoms with Gasteiger partial charge in [0.25, 0.3) is 5.56 Å². The maximum absolute atomic E-state index is 12.3.